The van der Waals surface area contributed by atoms with Gasteiger partial charge in [0.15, 0.2) is 0 Å². The van der Waals surface area contributed by atoms with Gasteiger partial charge in [-0.3, -0.25) is 4.79 Å². The van der Waals surface area contributed by atoms with Crippen molar-refractivity contribution in [1.82, 2.24) is 0 Å². The molecular formula is C10H12O3S. The Morgan fingerprint density at radius 3 is 2.71 bits per heavy atom. The van der Waals surface area contributed by atoms with E-state index in [9.17, 15) is 9.90 Å². The first-order valence-electron chi connectivity index (χ1n) is 4.17. The van der Waals surface area contributed by atoms with Gasteiger partial charge in [-0.05, 0) is 6.07 Å². The molecule has 0 aliphatic rings. The van der Waals surface area contributed by atoms with Gasteiger partial charge in [-0.25, -0.2) is 0 Å². The molecule has 0 aliphatic carbocycles. The third kappa shape index (κ3) is 2.20. The number of esters is 1. The minimum atomic E-state index is -0.510. The summed E-state index contributed by atoms with van der Waals surface area (Å²) in [6.07, 6.45) is 0. The van der Waals surface area contributed by atoms with Crippen molar-refractivity contribution in [2.75, 3.05) is 12.9 Å². The summed E-state index contributed by atoms with van der Waals surface area (Å²) in [6.45, 7) is 0. The third-order valence-electron chi connectivity index (χ3n) is 1.98. The molecule has 0 bridgehead atoms. The number of para-hydroxylation sites is 1. The maximum absolute atomic E-state index is 11.3. The number of thiol groups is 1. The second kappa shape index (κ2) is 4.91. The van der Waals surface area contributed by atoms with Crippen LogP contribution in [0, 0.1) is 0 Å². The van der Waals surface area contributed by atoms with E-state index >= 15 is 0 Å². The Labute approximate surface area is 88.1 Å². The van der Waals surface area contributed by atoms with E-state index in [0.717, 1.165) is 0 Å². The second-order valence-corrected chi connectivity index (χ2v) is 3.18. The number of hydrogen-bond donors (Lipinski definition) is 2. The van der Waals surface area contributed by atoms with Crippen LogP contribution in [-0.2, 0) is 9.53 Å². The van der Waals surface area contributed by atoms with Crippen LogP contribution in [0.15, 0.2) is 24.3 Å². The van der Waals surface area contributed by atoms with E-state index in [0.29, 0.717) is 11.3 Å². The SMILES string of the molecule is COC(=O)C(CS)c1ccccc1O. The number of hydrogen-bond acceptors (Lipinski definition) is 4. The monoisotopic (exact) mass is 212 g/mol. The zero-order valence-corrected chi connectivity index (χ0v) is 8.70. The van der Waals surface area contributed by atoms with Crippen LogP contribution in [0.1, 0.15) is 11.5 Å². The molecule has 14 heavy (non-hydrogen) atoms. The molecule has 1 rings (SSSR count). The van der Waals surface area contributed by atoms with E-state index in [-0.39, 0.29) is 11.7 Å². The van der Waals surface area contributed by atoms with E-state index in [1.807, 2.05) is 0 Å². The van der Waals surface area contributed by atoms with E-state index in [1.165, 1.54) is 13.2 Å². The Morgan fingerprint density at radius 1 is 1.57 bits per heavy atom. The average Bonchev–Trinajstić information content (AvgIpc) is 2.21. The molecule has 4 heteroatoms. The number of aromatic hydroxyl groups is 1. The predicted molar refractivity (Wildman–Crippen MR) is 56.7 cm³/mol. The lowest BCUT2D eigenvalue weighted by Crippen LogP contribution is -2.15. The number of phenolic OH excluding ortho intramolecular Hbond substituents is 1. The average molecular weight is 212 g/mol. The summed E-state index contributed by atoms with van der Waals surface area (Å²) in [4.78, 5) is 11.3. The predicted octanol–water partition coefficient (Wildman–Crippen LogP) is 1.58. The van der Waals surface area contributed by atoms with Gasteiger partial charge in [0.1, 0.15) is 5.75 Å². The zero-order chi connectivity index (χ0) is 10.6. The van der Waals surface area contributed by atoms with Gasteiger partial charge in [0.2, 0.25) is 0 Å². The minimum absolute atomic E-state index is 0.0944. The molecule has 0 fully saturated rings. The molecule has 1 aromatic rings. The van der Waals surface area contributed by atoms with Crippen LogP contribution in [0.3, 0.4) is 0 Å². The highest BCUT2D eigenvalue weighted by atomic mass is 32.1. The van der Waals surface area contributed by atoms with Gasteiger partial charge in [-0.2, -0.15) is 12.6 Å². The summed E-state index contributed by atoms with van der Waals surface area (Å²) < 4.78 is 4.61. The maximum atomic E-state index is 11.3. The molecule has 0 aromatic heterocycles. The van der Waals surface area contributed by atoms with Crippen LogP contribution in [0.5, 0.6) is 5.75 Å². The van der Waals surface area contributed by atoms with Gasteiger partial charge < -0.3 is 9.84 Å². The summed E-state index contributed by atoms with van der Waals surface area (Å²) in [5.74, 6) is -0.493. The lowest BCUT2D eigenvalue weighted by molar-refractivity contribution is -0.141. The van der Waals surface area contributed by atoms with Crippen molar-refractivity contribution in [1.29, 1.82) is 0 Å². The number of phenols is 1. The van der Waals surface area contributed by atoms with Crippen molar-refractivity contribution in [3.63, 3.8) is 0 Å². The molecule has 1 aromatic carbocycles. The van der Waals surface area contributed by atoms with E-state index in [4.69, 9.17) is 0 Å². The third-order valence-corrected chi connectivity index (χ3v) is 2.35. The lowest BCUT2D eigenvalue weighted by Gasteiger charge is -2.13. The number of ether oxygens (including phenoxy) is 1. The topological polar surface area (TPSA) is 46.5 Å². The van der Waals surface area contributed by atoms with Crippen molar-refractivity contribution in [2.24, 2.45) is 0 Å². The number of benzene rings is 1. The summed E-state index contributed by atoms with van der Waals surface area (Å²) in [7, 11) is 1.32. The van der Waals surface area contributed by atoms with Crippen molar-refractivity contribution in [2.45, 2.75) is 5.92 Å². The van der Waals surface area contributed by atoms with Gasteiger partial charge in [-0.15, -0.1) is 0 Å². The van der Waals surface area contributed by atoms with Crippen molar-refractivity contribution >= 4 is 18.6 Å². The first-order chi connectivity index (χ1) is 6.70. The fraction of sp³-hybridized carbons (Fsp3) is 0.300. The summed E-state index contributed by atoms with van der Waals surface area (Å²) >= 11 is 4.06. The van der Waals surface area contributed by atoms with Crippen LogP contribution in [-0.4, -0.2) is 23.9 Å². The second-order valence-electron chi connectivity index (χ2n) is 2.82. The van der Waals surface area contributed by atoms with Gasteiger partial charge in [0, 0.05) is 11.3 Å². The Bertz CT molecular complexity index is 325. The summed E-state index contributed by atoms with van der Waals surface area (Å²) in [6, 6.07) is 6.68. The minimum Gasteiger partial charge on any atom is -0.508 e. The molecule has 0 amide bonds. The summed E-state index contributed by atoms with van der Waals surface area (Å²) in [5.41, 5.74) is 0.550. The van der Waals surface area contributed by atoms with Crippen molar-refractivity contribution in [3.8, 4) is 5.75 Å². The number of methoxy groups -OCH3 is 1. The highest BCUT2D eigenvalue weighted by molar-refractivity contribution is 7.80. The lowest BCUT2D eigenvalue weighted by atomic mass is 10.0. The first kappa shape index (κ1) is 10.9. The molecule has 0 spiro atoms. The van der Waals surface area contributed by atoms with Gasteiger partial charge >= 0.3 is 5.97 Å². The fourth-order valence-electron chi connectivity index (χ4n) is 1.22. The molecule has 1 N–H and O–H groups in total. The molecule has 0 radical (unpaired) electrons. The number of carbonyl (C=O) groups excluding carboxylic acids is 1. The normalized spacial score (nSPS) is 12.1. The molecule has 0 saturated heterocycles. The molecule has 0 saturated carbocycles. The smallest absolute Gasteiger partial charge is 0.314 e. The molecule has 0 heterocycles. The van der Waals surface area contributed by atoms with E-state index < -0.39 is 5.92 Å². The summed E-state index contributed by atoms with van der Waals surface area (Å²) in [5, 5.41) is 9.51. The largest absolute Gasteiger partial charge is 0.508 e. The van der Waals surface area contributed by atoms with Crippen LogP contribution in [0.4, 0.5) is 0 Å². The number of rotatable bonds is 3. The number of carbonyl (C=O) groups is 1. The molecule has 1 atom stereocenters. The van der Waals surface area contributed by atoms with E-state index in [2.05, 4.69) is 17.4 Å². The standard InChI is InChI=1S/C10H12O3S/c1-13-10(12)8(6-14)7-4-2-3-5-9(7)11/h2-5,8,11,14H,6H2,1H3. The molecule has 1 unspecified atom stereocenters. The van der Waals surface area contributed by atoms with Crippen LogP contribution in [0.25, 0.3) is 0 Å². The van der Waals surface area contributed by atoms with Crippen molar-refractivity contribution in [3.05, 3.63) is 29.8 Å². The zero-order valence-electron chi connectivity index (χ0n) is 7.80. The maximum Gasteiger partial charge on any atom is 0.314 e. The Balaban J connectivity index is 3.01. The Morgan fingerprint density at radius 2 is 2.21 bits per heavy atom. The van der Waals surface area contributed by atoms with Gasteiger partial charge in [0.05, 0.1) is 13.0 Å². The first-order valence-corrected chi connectivity index (χ1v) is 4.80. The molecule has 76 valence electrons. The van der Waals surface area contributed by atoms with E-state index in [1.54, 1.807) is 18.2 Å². The highest BCUT2D eigenvalue weighted by Gasteiger charge is 2.22. The Kier molecular flexibility index (Phi) is 3.83. The highest BCUT2D eigenvalue weighted by Crippen LogP contribution is 2.27. The Hall–Kier alpha value is -1.16. The van der Waals surface area contributed by atoms with Crippen LogP contribution in [0.2, 0.25) is 0 Å². The van der Waals surface area contributed by atoms with Gasteiger partial charge in [0.25, 0.3) is 0 Å². The molecule has 0 aliphatic heterocycles. The fourth-order valence-corrected chi connectivity index (χ4v) is 1.57. The molecule has 3 nitrogen and oxygen atoms in total. The molecular weight excluding hydrogens is 200 g/mol. The quantitative estimate of drug-likeness (QED) is 0.590. The van der Waals surface area contributed by atoms with Crippen LogP contribution >= 0.6 is 12.6 Å². The van der Waals surface area contributed by atoms with Crippen LogP contribution < -0.4 is 0 Å². The van der Waals surface area contributed by atoms with Crippen molar-refractivity contribution < 1.29 is 14.6 Å². The van der Waals surface area contributed by atoms with Gasteiger partial charge in [-0.1, -0.05) is 18.2 Å².